The summed E-state index contributed by atoms with van der Waals surface area (Å²) in [5.41, 5.74) is 2.23. The molecular weight excluding hydrogens is 428 g/mol. The second kappa shape index (κ2) is 9.58. The zero-order valence-corrected chi connectivity index (χ0v) is 16.9. The molecule has 0 aliphatic carbocycles. The number of ketones is 1. The molecule has 0 saturated heterocycles. The first-order valence-electron chi connectivity index (χ1n) is 8.43. The van der Waals surface area contributed by atoms with Crippen molar-refractivity contribution in [3.05, 3.63) is 94.5 Å². The lowest BCUT2D eigenvalue weighted by molar-refractivity contribution is 0.101. The highest BCUT2D eigenvalue weighted by molar-refractivity contribution is 9.09. The molecule has 0 spiro atoms. The maximum atomic E-state index is 12.3. The third kappa shape index (κ3) is 5.34. The first-order chi connectivity index (χ1) is 13.2. The average molecular weight is 446 g/mol. The topological polar surface area (TPSA) is 35.5 Å². The van der Waals surface area contributed by atoms with Crippen LogP contribution < -0.4 is 9.47 Å². The Morgan fingerprint density at radius 2 is 1.56 bits per heavy atom. The lowest BCUT2D eigenvalue weighted by atomic mass is 10.1. The van der Waals surface area contributed by atoms with Crippen molar-refractivity contribution in [3.8, 4) is 11.5 Å². The largest absolute Gasteiger partial charge is 0.489 e. The van der Waals surface area contributed by atoms with Crippen LogP contribution in [0, 0.1) is 0 Å². The number of benzene rings is 3. The summed E-state index contributed by atoms with van der Waals surface area (Å²) in [6.45, 7) is 0.650. The fourth-order valence-corrected chi connectivity index (χ4v) is 3.05. The van der Waals surface area contributed by atoms with Crippen LogP contribution >= 0.6 is 27.5 Å². The van der Waals surface area contributed by atoms with Crippen molar-refractivity contribution in [2.24, 2.45) is 0 Å². The fraction of sp³-hybridized carbons (Fsp3) is 0.136. The Morgan fingerprint density at radius 1 is 0.889 bits per heavy atom. The number of Topliss-reactive ketones (excluding diaryl/α,β-unsaturated/α-hetero) is 1. The van der Waals surface area contributed by atoms with Crippen LogP contribution in [0.5, 0.6) is 11.5 Å². The Labute approximate surface area is 172 Å². The molecule has 0 N–H and O–H groups in total. The standard InChI is InChI=1S/C22H18BrClO3/c23-13-21(25)19-12-20(24)17(15-26-18-9-5-2-6-10-18)11-22(19)27-14-16-7-3-1-4-8-16/h1-12H,13-15H2. The van der Waals surface area contributed by atoms with Crippen molar-refractivity contribution in [1.82, 2.24) is 0 Å². The lowest BCUT2D eigenvalue weighted by Crippen LogP contribution is -2.07. The molecule has 5 heteroatoms. The Kier molecular flexibility index (Phi) is 6.91. The van der Waals surface area contributed by atoms with Gasteiger partial charge in [-0.3, -0.25) is 4.79 Å². The predicted octanol–water partition coefficient (Wildman–Crippen LogP) is 6.08. The van der Waals surface area contributed by atoms with Gasteiger partial charge in [-0.15, -0.1) is 0 Å². The third-order valence-electron chi connectivity index (χ3n) is 3.95. The molecular formula is C22H18BrClO3. The van der Waals surface area contributed by atoms with Gasteiger partial charge < -0.3 is 9.47 Å². The number of rotatable bonds is 8. The van der Waals surface area contributed by atoms with Crippen molar-refractivity contribution in [2.45, 2.75) is 13.2 Å². The van der Waals surface area contributed by atoms with Crippen LogP contribution in [0.15, 0.2) is 72.8 Å². The minimum atomic E-state index is -0.0875. The number of alkyl halides is 1. The molecule has 3 aromatic carbocycles. The van der Waals surface area contributed by atoms with E-state index in [4.69, 9.17) is 21.1 Å². The highest BCUT2D eigenvalue weighted by atomic mass is 79.9. The van der Waals surface area contributed by atoms with Crippen molar-refractivity contribution in [1.29, 1.82) is 0 Å². The van der Waals surface area contributed by atoms with E-state index in [1.807, 2.05) is 60.7 Å². The predicted molar refractivity (Wildman–Crippen MR) is 111 cm³/mol. The number of carbonyl (C=O) groups is 1. The average Bonchev–Trinajstić information content (AvgIpc) is 2.72. The van der Waals surface area contributed by atoms with E-state index >= 15 is 0 Å². The number of hydrogen-bond acceptors (Lipinski definition) is 3. The highest BCUT2D eigenvalue weighted by Crippen LogP contribution is 2.30. The van der Waals surface area contributed by atoms with E-state index in [-0.39, 0.29) is 17.7 Å². The molecule has 0 bridgehead atoms. The molecule has 0 heterocycles. The number of hydrogen-bond donors (Lipinski definition) is 0. The van der Waals surface area contributed by atoms with Crippen LogP contribution in [0.1, 0.15) is 21.5 Å². The zero-order chi connectivity index (χ0) is 19.1. The van der Waals surface area contributed by atoms with Crippen LogP contribution in [0.4, 0.5) is 0 Å². The van der Waals surface area contributed by atoms with Gasteiger partial charge in [0.15, 0.2) is 5.78 Å². The molecule has 0 fully saturated rings. The minimum Gasteiger partial charge on any atom is -0.489 e. The molecule has 138 valence electrons. The van der Waals surface area contributed by atoms with Gasteiger partial charge in [0.1, 0.15) is 24.7 Å². The number of para-hydroxylation sites is 1. The van der Waals surface area contributed by atoms with Gasteiger partial charge in [0.05, 0.1) is 10.9 Å². The highest BCUT2D eigenvalue weighted by Gasteiger charge is 2.16. The van der Waals surface area contributed by atoms with Gasteiger partial charge in [0, 0.05) is 10.6 Å². The monoisotopic (exact) mass is 444 g/mol. The fourth-order valence-electron chi connectivity index (χ4n) is 2.53. The minimum absolute atomic E-state index is 0.0875. The zero-order valence-electron chi connectivity index (χ0n) is 14.5. The second-order valence-corrected chi connectivity index (χ2v) is 6.84. The summed E-state index contributed by atoms with van der Waals surface area (Å²) in [5, 5.41) is 0.674. The summed E-state index contributed by atoms with van der Waals surface area (Å²) in [5.74, 6) is 1.16. The molecule has 0 unspecified atom stereocenters. The van der Waals surface area contributed by atoms with Crippen LogP contribution in [0.25, 0.3) is 0 Å². The van der Waals surface area contributed by atoms with Gasteiger partial charge >= 0.3 is 0 Å². The molecule has 3 aromatic rings. The summed E-state index contributed by atoms with van der Waals surface area (Å²) in [7, 11) is 0. The molecule has 0 saturated carbocycles. The Bertz CT molecular complexity index is 898. The van der Waals surface area contributed by atoms with Crippen molar-refractivity contribution < 1.29 is 14.3 Å². The molecule has 0 amide bonds. The first-order valence-corrected chi connectivity index (χ1v) is 9.93. The quantitative estimate of drug-likeness (QED) is 0.311. The van der Waals surface area contributed by atoms with Crippen molar-refractivity contribution >= 4 is 33.3 Å². The van der Waals surface area contributed by atoms with Crippen molar-refractivity contribution in [2.75, 3.05) is 5.33 Å². The molecule has 3 nitrogen and oxygen atoms in total. The van der Waals surface area contributed by atoms with Crippen LogP contribution in [0.2, 0.25) is 5.02 Å². The van der Waals surface area contributed by atoms with Gasteiger partial charge in [-0.2, -0.15) is 0 Å². The Balaban J connectivity index is 1.82. The van der Waals surface area contributed by atoms with Crippen molar-refractivity contribution in [3.63, 3.8) is 0 Å². The number of ether oxygens (including phenoxy) is 2. The molecule has 27 heavy (non-hydrogen) atoms. The van der Waals surface area contributed by atoms with Crippen LogP contribution in [-0.4, -0.2) is 11.1 Å². The van der Waals surface area contributed by atoms with E-state index in [0.29, 0.717) is 22.9 Å². The maximum Gasteiger partial charge on any atom is 0.177 e. The lowest BCUT2D eigenvalue weighted by Gasteiger charge is -2.14. The molecule has 0 radical (unpaired) electrons. The molecule has 0 aliphatic heterocycles. The Morgan fingerprint density at radius 3 is 2.22 bits per heavy atom. The van der Waals surface area contributed by atoms with Gasteiger partial charge in [-0.1, -0.05) is 76.1 Å². The van der Waals surface area contributed by atoms with Crippen LogP contribution in [0.3, 0.4) is 0 Å². The van der Waals surface area contributed by atoms with E-state index < -0.39 is 0 Å². The summed E-state index contributed by atoms with van der Waals surface area (Å²) in [6.07, 6.45) is 0. The molecule has 0 aliphatic rings. The third-order valence-corrected chi connectivity index (χ3v) is 4.81. The van der Waals surface area contributed by atoms with Crippen LogP contribution in [-0.2, 0) is 13.2 Å². The van der Waals surface area contributed by atoms with E-state index in [9.17, 15) is 4.79 Å². The SMILES string of the molecule is O=C(CBr)c1cc(Cl)c(COc2ccccc2)cc1OCc1ccccc1. The second-order valence-electron chi connectivity index (χ2n) is 5.87. The van der Waals surface area contributed by atoms with Gasteiger partial charge in [-0.05, 0) is 29.8 Å². The Hall–Kier alpha value is -2.30. The van der Waals surface area contributed by atoms with Gasteiger partial charge in [0.2, 0.25) is 0 Å². The summed E-state index contributed by atoms with van der Waals surface area (Å²) in [4.78, 5) is 12.3. The summed E-state index contributed by atoms with van der Waals surface area (Å²) >= 11 is 9.60. The van der Waals surface area contributed by atoms with E-state index in [1.54, 1.807) is 12.1 Å². The smallest absolute Gasteiger partial charge is 0.177 e. The number of carbonyl (C=O) groups excluding carboxylic acids is 1. The van der Waals surface area contributed by atoms with Gasteiger partial charge in [0.25, 0.3) is 0 Å². The van der Waals surface area contributed by atoms with E-state index in [1.165, 1.54) is 0 Å². The van der Waals surface area contributed by atoms with Gasteiger partial charge in [-0.25, -0.2) is 0 Å². The summed E-state index contributed by atoms with van der Waals surface area (Å²) in [6, 6.07) is 22.7. The molecule has 3 rings (SSSR count). The first kappa shape index (κ1) is 19.5. The maximum absolute atomic E-state index is 12.3. The number of halogens is 2. The molecule has 0 atom stereocenters. The molecule has 0 aromatic heterocycles. The van der Waals surface area contributed by atoms with E-state index in [2.05, 4.69) is 15.9 Å². The normalized spacial score (nSPS) is 10.4. The van der Waals surface area contributed by atoms with E-state index in [0.717, 1.165) is 16.9 Å². The summed E-state index contributed by atoms with van der Waals surface area (Å²) < 4.78 is 11.7.